The van der Waals surface area contributed by atoms with E-state index >= 15 is 0 Å². The number of benzene rings is 1. The molecule has 2 N–H and O–H groups in total. The number of nitrogens with one attached hydrogen (secondary N) is 2. The Morgan fingerprint density at radius 3 is 2.29 bits per heavy atom. The summed E-state index contributed by atoms with van der Waals surface area (Å²) < 4.78 is 4.97. The molecule has 1 heterocycles. The summed E-state index contributed by atoms with van der Waals surface area (Å²) in [5, 5.41) is 7.16. The Morgan fingerprint density at radius 1 is 1.06 bits per heavy atom. The van der Waals surface area contributed by atoms with E-state index in [-0.39, 0.29) is 31.5 Å². The van der Waals surface area contributed by atoms with E-state index < -0.39 is 17.4 Å². The molecule has 0 aliphatic carbocycles. The van der Waals surface area contributed by atoms with Crippen molar-refractivity contribution < 1.29 is 23.9 Å². The molecular weight excluding hydrogens is 418 g/mol. The summed E-state index contributed by atoms with van der Waals surface area (Å²) in [6.45, 7) is 6.97. The minimum Gasteiger partial charge on any atom is -0.462 e. The van der Waals surface area contributed by atoms with Gasteiger partial charge in [0.25, 0.3) is 5.91 Å². The molecule has 0 atom stereocenters. The molecule has 0 aliphatic rings. The van der Waals surface area contributed by atoms with Crippen molar-refractivity contribution in [3.63, 3.8) is 0 Å². The fourth-order valence-corrected chi connectivity index (χ4v) is 3.30. The molecule has 0 radical (unpaired) electrons. The summed E-state index contributed by atoms with van der Waals surface area (Å²) in [5.74, 6) is -1.64. The van der Waals surface area contributed by atoms with Crippen LogP contribution in [0.4, 0.5) is 5.69 Å². The average Bonchev–Trinajstić information content (AvgIpc) is 3.24. The summed E-state index contributed by atoms with van der Waals surface area (Å²) in [6, 6.07) is 9.59. The molecule has 8 nitrogen and oxygen atoms in total. The normalized spacial score (nSPS) is 10.8. The number of rotatable bonds is 8. The van der Waals surface area contributed by atoms with Crippen molar-refractivity contribution in [2.24, 2.45) is 0 Å². The van der Waals surface area contributed by atoms with Crippen molar-refractivity contribution in [2.45, 2.75) is 33.2 Å². The Morgan fingerprint density at radius 2 is 1.74 bits per heavy atom. The van der Waals surface area contributed by atoms with E-state index in [1.165, 1.54) is 28.4 Å². The smallest absolute Gasteiger partial charge is 0.338 e. The van der Waals surface area contributed by atoms with Crippen LogP contribution in [0.25, 0.3) is 0 Å². The van der Waals surface area contributed by atoms with E-state index in [0.29, 0.717) is 16.1 Å². The second kappa shape index (κ2) is 10.7. The number of thiophene rings is 1. The molecule has 3 amide bonds. The Hall–Kier alpha value is -3.20. The van der Waals surface area contributed by atoms with Crippen molar-refractivity contribution in [2.75, 3.05) is 24.6 Å². The summed E-state index contributed by atoms with van der Waals surface area (Å²) in [7, 11) is 0. The predicted molar refractivity (Wildman–Crippen MR) is 119 cm³/mol. The number of anilines is 1. The van der Waals surface area contributed by atoms with E-state index in [4.69, 9.17) is 4.74 Å². The number of carbonyl (C=O) groups excluding carboxylic acids is 4. The van der Waals surface area contributed by atoms with Gasteiger partial charge < -0.3 is 20.3 Å². The van der Waals surface area contributed by atoms with Gasteiger partial charge in [-0.1, -0.05) is 6.07 Å². The first kappa shape index (κ1) is 24.1. The van der Waals surface area contributed by atoms with E-state index in [2.05, 4.69) is 10.6 Å². The largest absolute Gasteiger partial charge is 0.462 e. The van der Waals surface area contributed by atoms with Crippen LogP contribution in [0, 0.1) is 0 Å². The zero-order chi connectivity index (χ0) is 23.0. The van der Waals surface area contributed by atoms with Crippen molar-refractivity contribution in [1.82, 2.24) is 10.6 Å². The maximum atomic E-state index is 12.9. The fraction of sp³-hybridized carbons (Fsp3) is 0.364. The third kappa shape index (κ3) is 7.53. The molecule has 31 heavy (non-hydrogen) atoms. The van der Waals surface area contributed by atoms with Crippen LogP contribution in [-0.4, -0.2) is 48.9 Å². The van der Waals surface area contributed by atoms with Crippen LogP contribution in [0.15, 0.2) is 41.8 Å². The SMILES string of the molecule is CCOC(=O)c1ccc(N(CC(=O)NC(C)(C)C)C(=O)CNC(=O)c2cccs2)cc1. The Bertz CT molecular complexity index is 918. The van der Waals surface area contributed by atoms with E-state index in [1.807, 2.05) is 20.8 Å². The number of nitrogens with zero attached hydrogens (tertiary/aromatic N) is 1. The highest BCUT2D eigenvalue weighted by Gasteiger charge is 2.23. The number of ether oxygens (including phenoxy) is 1. The van der Waals surface area contributed by atoms with Crippen LogP contribution in [0.2, 0.25) is 0 Å². The lowest BCUT2D eigenvalue weighted by atomic mass is 10.1. The number of carbonyl (C=O) groups is 4. The quantitative estimate of drug-likeness (QED) is 0.608. The van der Waals surface area contributed by atoms with Crippen LogP contribution >= 0.6 is 11.3 Å². The van der Waals surface area contributed by atoms with Gasteiger partial charge in [-0.15, -0.1) is 11.3 Å². The van der Waals surface area contributed by atoms with Gasteiger partial charge in [0.1, 0.15) is 6.54 Å². The lowest BCUT2D eigenvalue weighted by Crippen LogP contribution is -2.49. The topological polar surface area (TPSA) is 105 Å². The van der Waals surface area contributed by atoms with Gasteiger partial charge in [0.05, 0.1) is 23.6 Å². The molecule has 0 saturated heterocycles. The first-order valence-electron chi connectivity index (χ1n) is 9.81. The molecule has 9 heteroatoms. The van der Waals surface area contributed by atoms with E-state index in [0.717, 1.165) is 0 Å². The van der Waals surface area contributed by atoms with Gasteiger partial charge in [-0.25, -0.2) is 4.79 Å². The van der Waals surface area contributed by atoms with Crippen LogP contribution in [0.1, 0.15) is 47.7 Å². The van der Waals surface area contributed by atoms with Gasteiger partial charge in [-0.2, -0.15) is 0 Å². The maximum absolute atomic E-state index is 12.9. The van der Waals surface area contributed by atoms with Crippen molar-refractivity contribution in [3.05, 3.63) is 52.2 Å². The van der Waals surface area contributed by atoms with Crippen molar-refractivity contribution in [1.29, 1.82) is 0 Å². The zero-order valence-corrected chi connectivity index (χ0v) is 18.9. The monoisotopic (exact) mass is 445 g/mol. The highest BCUT2D eigenvalue weighted by Crippen LogP contribution is 2.17. The zero-order valence-electron chi connectivity index (χ0n) is 18.1. The molecule has 1 aromatic heterocycles. The van der Waals surface area contributed by atoms with Gasteiger partial charge in [0.2, 0.25) is 11.8 Å². The fourth-order valence-electron chi connectivity index (χ4n) is 2.66. The molecule has 0 saturated carbocycles. The van der Waals surface area contributed by atoms with Gasteiger partial charge >= 0.3 is 5.97 Å². The van der Waals surface area contributed by atoms with Crippen molar-refractivity contribution >= 4 is 40.7 Å². The standard InChI is InChI=1S/C22H27N3O5S/c1-5-30-21(29)15-8-10-16(11-9-15)25(14-18(26)24-22(2,3)4)19(27)13-23-20(28)17-7-6-12-31-17/h6-12H,5,13-14H2,1-4H3,(H,23,28)(H,24,26). The van der Waals surface area contributed by atoms with Crippen LogP contribution in [0.3, 0.4) is 0 Å². The van der Waals surface area contributed by atoms with Gasteiger partial charge in [-0.05, 0) is 63.4 Å². The second-order valence-corrected chi connectivity index (χ2v) is 8.65. The third-order valence-corrected chi connectivity index (χ3v) is 4.82. The van der Waals surface area contributed by atoms with Crippen molar-refractivity contribution in [3.8, 4) is 0 Å². The van der Waals surface area contributed by atoms with Crippen LogP contribution in [-0.2, 0) is 14.3 Å². The van der Waals surface area contributed by atoms with Crippen LogP contribution < -0.4 is 15.5 Å². The minimum absolute atomic E-state index is 0.232. The third-order valence-electron chi connectivity index (χ3n) is 3.95. The summed E-state index contributed by atoms with van der Waals surface area (Å²) >= 11 is 1.27. The molecule has 0 spiro atoms. The summed E-state index contributed by atoms with van der Waals surface area (Å²) in [5.41, 5.74) is 0.295. The summed E-state index contributed by atoms with van der Waals surface area (Å²) in [4.78, 5) is 51.1. The van der Waals surface area contributed by atoms with Gasteiger partial charge in [0.15, 0.2) is 0 Å². The average molecular weight is 446 g/mol. The first-order valence-corrected chi connectivity index (χ1v) is 10.7. The van der Waals surface area contributed by atoms with Gasteiger partial charge in [0, 0.05) is 11.2 Å². The molecule has 0 bridgehead atoms. The number of esters is 1. The molecular formula is C22H27N3O5S. The molecule has 1 aromatic carbocycles. The highest BCUT2D eigenvalue weighted by atomic mass is 32.1. The Balaban J connectivity index is 2.17. The molecule has 166 valence electrons. The molecule has 0 aliphatic heterocycles. The van der Waals surface area contributed by atoms with E-state index in [9.17, 15) is 19.2 Å². The van der Waals surface area contributed by atoms with Crippen LogP contribution in [0.5, 0.6) is 0 Å². The van der Waals surface area contributed by atoms with Gasteiger partial charge in [-0.3, -0.25) is 14.4 Å². The van der Waals surface area contributed by atoms with E-state index in [1.54, 1.807) is 36.6 Å². The minimum atomic E-state index is -0.472. The number of hydrogen-bond donors (Lipinski definition) is 2. The number of hydrogen-bond acceptors (Lipinski definition) is 6. The molecule has 0 fully saturated rings. The second-order valence-electron chi connectivity index (χ2n) is 7.71. The predicted octanol–water partition coefficient (Wildman–Crippen LogP) is 2.60. The molecule has 2 rings (SSSR count). The number of amides is 3. The lowest BCUT2D eigenvalue weighted by molar-refractivity contribution is -0.124. The lowest BCUT2D eigenvalue weighted by Gasteiger charge is -2.26. The maximum Gasteiger partial charge on any atom is 0.338 e. The first-order chi connectivity index (χ1) is 14.6. The summed E-state index contributed by atoms with van der Waals surface area (Å²) in [6.07, 6.45) is 0. The molecule has 0 unspecified atom stereocenters. The Kier molecular flexibility index (Phi) is 8.32. The molecule has 2 aromatic rings. The highest BCUT2D eigenvalue weighted by molar-refractivity contribution is 7.12. The Labute approximate surface area is 185 Å².